The highest BCUT2D eigenvalue weighted by Crippen LogP contribution is 2.27. The van der Waals surface area contributed by atoms with Crippen LogP contribution in [-0.2, 0) is 4.74 Å². The van der Waals surface area contributed by atoms with Gasteiger partial charge in [-0.25, -0.2) is 9.78 Å². The fourth-order valence-corrected chi connectivity index (χ4v) is 3.01. The van der Waals surface area contributed by atoms with Crippen LogP contribution in [0, 0.1) is 5.92 Å². The quantitative estimate of drug-likeness (QED) is 0.432. The Hall–Kier alpha value is -3.72. The van der Waals surface area contributed by atoms with E-state index in [1.807, 2.05) is 32.0 Å². The summed E-state index contributed by atoms with van der Waals surface area (Å²) in [6.07, 6.45) is 1.69. The third-order valence-electron chi connectivity index (χ3n) is 4.85. The monoisotopic (exact) mass is 437 g/mol. The molecule has 0 saturated carbocycles. The fraction of sp³-hybridized carbons (Fsp3) is 0.304. The highest BCUT2D eigenvalue weighted by molar-refractivity contribution is 5.93. The van der Waals surface area contributed by atoms with Crippen molar-refractivity contribution in [1.29, 1.82) is 0 Å². The SMILES string of the molecule is COC(=O)c1ccc(Nc2cc(-c3ccccn3)nc(N[C@H](CO)C(C)C)n2)cc1OC. The number of benzene rings is 1. The van der Waals surface area contributed by atoms with Crippen molar-refractivity contribution in [1.82, 2.24) is 15.0 Å². The molecule has 0 bridgehead atoms. The van der Waals surface area contributed by atoms with Crippen LogP contribution in [0.1, 0.15) is 24.2 Å². The molecular formula is C23H27N5O4. The van der Waals surface area contributed by atoms with Crippen LogP contribution in [0.5, 0.6) is 5.75 Å². The van der Waals surface area contributed by atoms with Crippen LogP contribution in [-0.4, -0.2) is 52.9 Å². The molecule has 0 radical (unpaired) electrons. The number of nitrogens with zero attached hydrogens (tertiary/aromatic N) is 3. The standard InChI is InChI=1S/C23H27N5O4/c1-14(2)19(13-29)27-23-26-18(17-7-5-6-10-24-17)12-21(28-23)25-15-8-9-16(22(30)32-4)20(11-15)31-3/h5-12,14,19,29H,13H2,1-4H3,(H2,25,26,27,28)/t19-/m1/s1. The zero-order chi connectivity index (χ0) is 23.1. The number of nitrogens with one attached hydrogen (secondary N) is 2. The van der Waals surface area contributed by atoms with Crippen LogP contribution in [0.25, 0.3) is 11.4 Å². The molecule has 2 heterocycles. The molecule has 3 aromatic rings. The van der Waals surface area contributed by atoms with Gasteiger partial charge >= 0.3 is 5.97 Å². The topological polar surface area (TPSA) is 118 Å². The smallest absolute Gasteiger partial charge is 0.341 e. The number of esters is 1. The minimum absolute atomic E-state index is 0.0518. The first-order chi connectivity index (χ1) is 15.4. The molecule has 0 aliphatic carbocycles. The summed E-state index contributed by atoms with van der Waals surface area (Å²) < 4.78 is 10.1. The van der Waals surface area contributed by atoms with Crippen molar-refractivity contribution in [3.05, 3.63) is 54.2 Å². The van der Waals surface area contributed by atoms with E-state index in [1.54, 1.807) is 30.5 Å². The highest BCUT2D eigenvalue weighted by atomic mass is 16.5. The summed E-state index contributed by atoms with van der Waals surface area (Å²) in [7, 11) is 2.80. The Morgan fingerprint density at radius 3 is 2.53 bits per heavy atom. The normalized spacial score (nSPS) is 11.7. The number of carbonyl (C=O) groups excluding carboxylic acids is 1. The zero-order valence-corrected chi connectivity index (χ0v) is 18.5. The Balaban J connectivity index is 1.98. The lowest BCUT2D eigenvalue weighted by molar-refractivity contribution is 0.0597. The molecule has 0 saturated heterocycles. The molecule has 0 amide bonds. The van der Waals surface area contributed by atoms with E-state index < -0.39 is 5.97 Å². The summed E-state index contributed by atoms with van der Waals surface area (Å²) >= 11 is 0. The first kappa shape index (κ1) is 23.0. The van der Waals surface area contributed by atoms with E-state index in [9.17, 15) is 9.90 Å². The maximum atomic E-state index is 11.9. The predicted molar refractivity (Wildman–Crippen MR) is 122 cm³/mol. The van der Waals surface area contributed by atoms with Gasteiger partial charge in [-0.05, 0) is 30.2 Å². The number of rotatable bonds is 9. The minimum Gasteiger partial charge on any atom is -0.496 e. The van der Waals surface area contributed by atoms with E-state index in [0.717, 1.165) is 0 Å². The zero-order valence-electron chi connectivity index (χ0n) is 18.5. The van der Waals surface area contributed by atoms with Crippen LogP contribution in [0.3, 0.4) is 0 Å². The van der Waals surface area contributed by atoms with Crippen LogP contribution in [0.15, 0.2) is 48.7 Å². The van der Waals surface area contributed by atoms with Gasteiger partial charge in [0.05, 0.1) is 38.3 Å². The molecule has 0 unspecified atom stereocenters. The number of carbonyl (C=O) groups is 1. The van der Waals surface area contributed by atoms with Gasteiger partial charge in [0.15, 0.2) is 0 Å². The summed E-state index contributed by atoms with van der Waals surface area (Å²) in [6.45, 7) is 3.96. The number of aliphatic hydroxyl groups is 1. The van der Waals surface area contributed by atoms with Crippen LogP contribution < -0.4 is 15.4 Å². The second-order valence-corrected chi connectivity index (χ2v) is 7.39. The van der Waals surface area contributed by atoms with Gasteiger partial charge in [0, 0.05) is 24.0 Å². The van der Waals surface area contributed by atoms with Gasteiger partial charge < -0.3 is 25.2 Å². The van der Waals surface area contributed by atoms with Gasteiger partial charge in [0.2, 0.25) is 5.95 Å². The number of hydrogen-bond donors (Lipinski definition) is 3. The van der Waals surface area contributed by atoms with E-state index in [-0.39, 0.29) is 18.6 Å². The molecule has 168 valence electrons. The predicted octanol–water partition coefficient (Wildman–Crippen LogP) is 3.51. The molecule has 3 rings (SSSR count). The summed E-state index contributed by atoms with van der Waals surface area (Å²) in [5.41, 5.74) is 2.28. The van der Waals surface area contributed by atoms with E-state index in [1.165, 1.54) is 14.2 Å². The molecule has 0 aliphatic heterocycles. The third-order valence-corrected chi connectivity index (χ3v) is 4.85. The lowest BCUT2D eigenvalue weighted by Crippen LogP contribution is -2.30. The molecule has 2 aromatic heterocycles. The lowest BCUT2D eigenvalue weighted by Gasteiger charge is -2.20. The summed E-state index contributed by atoms with van der Waals surface area (Å²) in [5, 5.41) is 16.1. The van der Waals surface area contributed by atoms with Gasteiger partial charge in [0.1, 0.15) is 17.1 Å². The number of methoxy groups -OCH3 is 2. The van der Waals surface area contributed by atoms with E-state index in [2.05, 4.69) is 25.6 Å². The van der Waals surface area contributed by atoms with E-state index >= 15 is 0 Å². The van der Waals surface area contributed by atoms with Crippen molar-refractivity contribution in [2.45, 2.75) is 19.9 Å². The molecule has 0 spiro atoms. The Bertz CT molecular complexity index is 1060. The molecule has 0 fully saturated rings. The van der Waals surface area contributed by atoms with Crippen molar-refractivity contribution in [3.63, 3.8) is 0 Å². The van der Waals surface area contributed by atoms with Crippen LogP contribution >= 0.6 is 0 Å². The Morgan fingerprint density at radius 1 is 1.09 bits per heavy atom. The third kappa shape index (κ3) is 5.50. The maximum Gasteiger partial charge on any atom is 0.341 e. The number of aliphatic hydroxyl groups excluding tert-OH is 1. The first-order valence-electron chi connectivity index (χ1n) is 10.2. The van der Waals surface area contributed by atoms with Crippen molar-refractivity contribution in [2.24, 2.45) is 5.92 Å². The van der Waals surface area contributed by atoms with Gasteiger partial charge in [0.25, 0.3) is 0 Å². The van der Waals surface area contributed by atoms with Crippen LogP contribution in [0.4, 0.5) is 17.5 Å². The van der Waals surface area contributed by atoms with Crippen molar-refractivity contribution < 1.29 is 19.4 Å². The Morgan fingerprint density at radius 2 is 1.91 bits per heavy atom. The number of aromatic nitrogens is 3. The van der Waals surface area contributed by atoms with Crippen molar-refractivity contribution in [2.75, 3.05) is 31.5 Å². The van der Waals surface area contributed by atoms with E-state index in [4.69, 9.17) is 9.47 Å². The van der Waals surface area contributed by atoms with Gasteiger partial charge in [-0.15, -0.1) is 0 Å². The highest BCUT2D eigenvalue weighted by Gasteiger charge is 2.17. The molecule has 1 aromatic carbocycles. The lowest BCUT2D eigenvalue weighted by atomic mass is 10.1. The average Bonchev–Trinajstić information content (AvgIpc) is 2.82. The molecule has 0 aliphatic rings. The first-order valence-corrected chi connectivity index (χ1v) is 10.2. The number of pyridine rings is 1. The van der Waals surface area contributed by atoms with Gasteiger partial charge in [-0.2, -0.15) is 4.98 Å². The summed E-state index contributed by atoms with van der Waals surface area (Å²) in [5.74, 6) is 0.939. The number of hydrogen-bond acceptors (Lipinski definition) is 9. The van der Waals surface area contributed by atoms with E-state index in [0.29, 0.717) is 40.2 Å². The van der Waals surface area contributed by atoms with Crippen LogP contribution in [0.2, 0.25) is 0 Å². The average molecular weight is 438 g/mol. The number of anilines is 3. The second-order valence-electron chi connectivity index (χ2n) is 7.39. The summed E-state index contributed by atoms with van der Waals surface area (Å²) in [6, 6.07) is 12.2. The van der Waals surface area contributed by atoms with Gasteiger partial charge in [-0.3, -0.25) is 4.98 Å². The number of ether oxygens (including phenoxy) is 2. The fourth-order valence-electron chi connectivity index (χ4n) is 3.01. The van der Waals surface area contributed by atoms with Crippen molar-refractivity contribution >= 4 is 23.4 Å². The Labute approximate surface area is 186 Å². The molecule has 9 nitrogen and oxygen atoms in total. The summed E-state index contributed by atoms with van der Waals surface area (Å²) in [4.78, 5) is 25.4. The Kier molecular flexibility index (Phi) is 7.56. The molecular weight excluding hydrogens is 410 g/mol. The molecule has 1 atom stereocenters. The second kappa shape index (κ2) is 10.5. The minimum atomic E-state index is -0.483. The molecule has 32 heavy (non-hydrogen) atoms. The van der Waals surface area contributed by atoms with Gasteiger partial charge in [-0.1, -0.05) is 19.9 Å². The largest absolute Gasteiger partial charge is 0.496 e. The maximum absolute atomic E-state index is 11.9. The van der Waals surface area contributed by atoms with Crippen molar-refractivity contribution in [3.8, 4) is 17.1 Å². The molecule has 9 heteroatoms. The molecule has 3 N–H and O–H groups in total.